The predicted molar refractivity (Wildman–Crippen MR) is 109 cm³/mol. The number of ether oxygens (including phenoxy) is 1. The zero-order valence-electron chi connectivity index (χ0n) is 16.7. The van der Waals surface area contributed by atoms with Crippen LogP contribution in [0, 0.1) is 25.6 Å². The Labute approximate surface area is 166 Å². The van der Waals surface area contributed by atoms with E-state index in [1.54, 1.807) is 0 Å². The van der Waals surface area contributed by atoms with Gasteiger partial charge >= 0.3 is 0 Å². The highest BCUT2D eigenvalue weighted by molar-refractivity contribution is 5.78. The quantitative estimate of drug-likeness (QED) is 0.738. The largest absolute Gasteiger partial charge is 0.491 e. The molecule has 150 valence electrons. The Balaban J connectivity index is 1.42. The van der Waals surface area contributed by atoms with Crippen molar-refractivity contribution in [3.05, 3.63) is 65.0 Å². The van der Waals surface area contributed by atoms with Crippen molar-refractivity contribution >= 4 is 5.91 Å². The van der Waals surface area contributed by atoms with E-state index in [4.69, 9.17) is 4.74 Å². The number of nitrogens with zero attached hydrogens (tertiary/aromatic N) is 1. The Morgan fingerprint density at radius 2 is 2.00 bits per heavy atom. The Hall–Kier alpha value is -2.40. The number of piperidine rings is 1. The van der Waals surface area contributed by atoms with Gasteiger partial charge in [0.15, 0.2) is 0 Å². The number of carbonyl (C=O) groups is 1. The zero-order valence-corrected chi connectivity index (χ0v) is 16.7. The smallest absolute Gasteiger partial charge is 0.224 e. The number of hydrogen-bond acceptors (Lipinski definition) is 3. The molecule has 0 unspecified atom stereocenters. The van der Waals surface area contributed by atoms with E-state index in [1.807, 2.05) is 38.1 Å². The number of aryl methyl sites for hydroxylation is 2. The van der Waals surface area contributed by atoms with Crippen LogP contribution in [0.1, 0.15) is 29.5 Å². The summed E-state index contributed by atoms with van der Waals surface area (Å²) in [5.41, 5.74) is 3.33. The van der Waals surface area contributed by atoms with Crippen molar-refractivity contribution in [1.29, 1.82) is 0 Å². The van der Waals surface area contributed by atoms with Gasteiger partial charge in [0.05, 0.1) is 12.5 Å². The fraction of sp³-hybridized carbons (Fsp3) is 0.435. The van der Waals surface area contributed by atoms with Crippen LogP contribution in [0.4, 0.5) is 4.39 Å². The third-order valence-electron chi connectivity index (χ3n) is 5.20. The van der Waals surface area contributed by atoms with E-state index in [1.165, 1.54) is 12.1 Å². The molecule has 0 radical (unpaired) electrons. The summed E-state index contributed by atoms with van der Waals surface area (Å²) in [5, 5.41) is 3.01. The summed E-state index contributed by atoms with van der Waals surface area (Å²) in [5.74, 6) is 0.739. The molecule has 1 fully saturated rings. The van der Waals surface area contributed by atoms with E-state index in [9.17, 15) is 9.18 Å². The standard InChI is InChI=1S/C23H29FN2O2/c1-17-5-6-18(2)22(14-17)28-13-11-25-23(27)20-4-3-12-26(16-20)15-19-7-9-21(24)10-8-19/h5-10,14,20H,3-4,11-13,15-16H2,1-2H3,(H,25,27)/t20-/m0/s1. The van der Waals surface area contributed by atoms with Gasteiger partial charge in [-0.25, -0.2) is 4.39 Å². The van der Waals surface area contributed by atoms with E-state index >= 15 is 0 Å². The molecule has 28 heavy (non-hydrogen) atoms. The van der Waals surface area contributed by atoms with Gasteiger partial charge in [0.2, 0.25) is 5.91 Å². The Bertz CT molecular complexity index is 792. The van der Waals surface area contributed by atoms with Crippen molar-refractivity contribution in [2.45, 2.75) is 33.2 Å². The highest BCUT2D eigenvalue weighted by Gasteiger charge is 2.25. The molecule has 1 atom stereocenters. The summed E-state index contributed by atoms with van der Waals surface area (Å²) < 4.78 is 18.9. The molecule has 1 amide bonds. The SMILES string of the molecule is Cc1ccc(C)c(OCCNC(=O)[C@H]2CCCN(Cc3ccc(F)cc3)C2)c1. The Morgan fingerprint density at radius 3 is 2.79 bits per heavy atom. The number of benzene rings is 2. The van der Waals surface area contributed by atoms with Gasteiger partial charge in [0, 0.05) is 13.1 Å². The maximum Gasteiger partial charge on any atom is 0.224 e. The minimum Gasteiger partial charge on any atom is -0.491 e. The number of hydrogen-bond donors (Lipinski definition) is 1. The highest BCUT2D eigenvalue weighted by Crippen LogP contribution is 2.20. The van der Waals surface area contributed by atoms with Crippen LogP contribution < -0.4 is 10.1 Å². The van der Waals surface area contributed by atoms with Crippen molar-refractivity contribution in [2.24, 2.45) is 5.92 Å². The van der Waals surface area contributed by atoms with Crippen LogP contribution in [-0.2, 0) is 11.3 Å². The van der Waals surface area contributed by atoms with E-state index in [0.29, 0.717) is 13.2 Å². The lowest BCUT2D eigenvalue weighted by Crippen LogP contribution is -2.43. The lowest BCUT2D eigenvalue weighted by Gasteiger charge is -2.32. The molecule has 5 heteroatoms. The molecule has 0 spiro atoms. The molecule has 1 aliphatic heterocycles. The summed E-state index contributed by atoms with van der Waals surface area (Å²) in [7, 11) is 0. The van der Waals surface area contributed by atoms with Crippen LogP contribution in [0.5, 0.6) is 5.75 Å². The topological polar surface area (TPSA) is 41.6 Å². The monoisotopic (exact) mass is 384 g/mol. The van der Waals surface area contributed by atoms with Gasteiger partial charge in [-0.05, 0) is 68.1 Å². The van der Waals surface area contributed by atoms with Gasteiger partial charge in [-0.1, -0.05) is 24.3 Å². The average Bonchev–Trinajstić information content (AvgIpc) is 2.69. The van der Waals surface area contributed by atoms with Gasteiger partial charge in [-0.15, -0.1) is 0 Å². The molecule has 1 N–H and O–H groups in total. The van der Waals surface area contributed by atoms with E-state index in [0.717, 1.165) is 54.9 Å². The third-order valence-corrected chi connectivity index (χ3v) is 5.20. The van der Waals surface area contributed by atoms with Crippen LogP contribution in [0.3, 0.4) is 0 Å². The number of rotatable bonds is 7. The fourth-order valence-corrected chi connectivity index (χ4v) is 3.60. The first-order chi connectivity index (χ1) is 13.5. The van der Waals surface area contributed by atoms with Crippen molar-refractivity contribution in [1.82, 2.24) is 10.2 Å². The number of halogens is 1. The first-order valence-electron chi connectivity index (χ1n) is 9.96. The normalized spacial score (nSPS) is 17.3. The fourth-order valence-electron chi connectivity index (χ4n) is 3.60. The molecule has 1 heterocycles. The van der Waals surface area contributed by atoms with Crippen LogP contribution in [0.25, 0.3) is 0 Å². The van der Waals surface area contributed by atoms with Crippen molar-refractivity contribution < 1.29 is 13.9 Å². The summed E-state index contributed by atoms with van der Waals surface area (Å²) in [4.78, 5) is 14.8. The van der Waals surface area contributed by atoms with Crippen LogP contribution in [0.15, 0.2) is 42.5 Å². The molecule has 0 saturated carbocycles. The molecule has 1 saturated heterocycles. The molecule has 0 aromatic heterocycles. The minimum absolute atomic E-state index is 0.00472. The number of carbonyl (C=O) groups excluding carboxylic acids is 1. The Kier molecular flexibility index (Phi) is 7.04. The maximum atomic E-state index is 13.1. The summed E-state index contributed by atoms with van der Waals surface area (Å²) in [6, 6.07) is 12.7. The van der Waals surface area contributed by atoms with Crippen LogP contribution >= 0.6 is 0 Å². The Morgan fingerprint density at radius 1 is 1.21 bits per heavy atom. The van der Waals surface area contributed by atoms with E-state index < -0.39 is 0 Å². The molecule has 0 bridgehead atoms. The molecule has 0 aliphatic carbocycles. The number of likely N-dealkylation sites (tertiary alicyclic amines) is 1. The van der Waals surface area contributed by atoms with E-state index in [-0.39, 0.29) is 17.6 Å². The summed E-state index contributed by atoms with van der Waals surface area (Å²) >= 11 is 0. The molecule has 1 aliphatic rings. The van der Waals surface area contributed by atoms with Gasteiger partial charge in [0.1, 0.15) is 18.2 Å². The van der Waals surface area contributed by atoms with Gasteiger partial charge in [-0.3, -0.25) is 9.69 Å². The minimum atomic E-state index is -0.220. The molecular weight excluding hydrogens is 355 g/mol. The lowest BCUT2D eigenvalue weighted by atomic mass is 9.96. The second-order valence-electron chi connectivity index (χ2n) is 7.61. The third kappa shape index (κ3) is 5.80. The molecule has 4 nitrogen and oxygen atoms in total. The van der Waals surface area contributed by atoms with Crippen molar-refractivity contribution in [2.75, 3.05) is 26.2 Å². The lowest BCUT2D eigenvalue weighted by molar-refractivity contribution is -0.126. The summed E-state index contributed by atoms with van der Waals surface area (Å²) in [6.45, 7) is 7.47. The first-order valence-corrected chi connectivity index (χ1v) is 9.96. The second kappa shape index (κ2) is 9.69. The number of nitrogens with one attached hydrogen (secondary N) is 1. The predicted octanol–water partition coefficient (Wildman–Crippen LogP) is 3.85. The molecule has 2 aromatic rings. The molecular formula is C23H29FN2O2. The maximum absolute atomic E-state index is 13.1. The molecule has 3 rings (SSSR count). The van der Waals surface area contributed by atoms with E-state index in [2.05, 4.69) is 16.3 Å². The average molecular weight is 384 g/mol. The first kappa shape index (κ1) is 20.3. The van der Waals surface area contributed by atoms with Gasteiger partial charge < -0.3 is 10.1 Å². The van der Waals surface area contributed by atoms with Crippen molar-refractivity contribution in [3.8, 4) is 5.75 Å². The van der Waals surface area contributed by atoms with Gasteiger partial charge in [-0.2, -0.15) is 0 Å². The zero-order chi connectivity index (χ0) is 19.9. The molecule has 2 aromatic carbocycles. The highest BCUT2D eigenvalue weighted by atomic mass is 19.1. The summed E-state index contributed by atoms with van der Waals surface area (Å²) in [6.07, 6.45) is 1.90. The van der Waals surface area contributed by atoms with Crippen LogP contribution in [0.2, 0.25) is 0 Å². The number of amides is 1. The van der Waals surface area contributed by atoms with Crippen LogP contribution in [-0.4, -0.2) is 37.0 Å². The van der Waals surface area contributed by atoms with Gasteiger partial charge in [0.25, 0.3) is 0 Å². The van der Waals surface area contributed by atoms with Crippen molar-refractivity contribution in [3.63, 3.8) is 0 Å². The second-order valence-corrected chi connectivity index (χ2v) is 7.61.